The minimum atomic E-state index is -0.648. The molecule has 0 spiro atoms. The van der Waals surface area contributed by atoms with Crippen molar-refractivity contribution in [3.63, 3.8) is 0 Å². The quantitative estimate of drug-likeness (QED) is 0.527. The summed E-state index contributed by atoms with van der Waals surface area (Å²) in [7, 11) is 1.51. The molecule has 6 heteroatoms. The molecule has 6 nitrogen and oxygen atoms in total. The summed E-state index contributed by atoms with van der Waals surface area (Å²) in [6.07, 6.45) is 2.11. The number of amides is 2. The van der Waals surface area contributed by atoms with E-state index >= 15 is 0 Å². The van der Waals surface area contributed by atoms with E-state index in [1.54, 1.807) is 22.0 Å². The Hall–Kier alpha value is -2.60. The smallest absolute Gasteiger partial charge is 0.266 e. The molecule has 3 rings (SSSR count). The van der Waals surface area contributed by atoms with E-state index < -0.39 is 12.2 Å². The van der Waals surface area contributed by atoms with Gasteiger partial charge in [0.05, 0.1) is 6.04 Å². The molecule has 2 saturated heterocycles. The first-order chi connectivity index (χ1) is 12.1. The molecule has 0 aromatic heterocycles. The van der Waals surface area contributed by atoms with E-state index in [4.69, 9.17) is 9.47 Å². The molecule has 2 aliphatic rings. The molecule has 0 radical (unpaired) electrons. The van der Waals surface area contributed by atoms with Crippen molar-refractivity contribution in [2.24, 2.45) is 0 Å². The van der Waals surface area contributed by atoms with E-state index in [0.717, 1.165) is 0 Å². The lowest BCUT2D eigenvalue weighted by atomic mass is 9.81. The van der Waals surface area contributed by atoms with Gasteiger partial charge in [-0.05, 0) is 12.1 Å². The second kappa shape index (κ2) is 7.11. The van der Waals surface area contributed by atoms with Crippen LogP contribution < -0.4 is 4.74 Å². The largest absolute Gasteiger partial charge is 0.478 e. The Morgan fingerprint density at radius 3 is 2.00 bits per heavy atom. The average molecular weight is 342 g/mol. The predicted octanol–water partition coefficient (Wildman–Crippen LogP) is 1.24. The van der Waals surface area contributed by atoms with Crippen molar-refractivity contribution in [3.8, 4) is 5.75 Å². The Balaban J connectivity index is 1.85. The molecule has 2 amide bonds. The van der Waals surface area contributed by atoms with E-state index in [1.807, 2.05) is 30.3 Å². The first kappa shape index (κ1) is 17.2. The first-order valence-corrected chi connectivity index (χ1v) is 8.21. The molecule has 25 heavy (non-hydrogen) atoms. The second-order valence-electron chi connectivity index (χ2n) is 6.05. The monoisotopic (exact) mass is 342 g/mol. The van der Waals surface area contributed by atoms with E-state index in [2.05, 4.69) is 13.2 Å². The third-order valence-electron chi connectivity index (χ3n) is 4.65. The number of benzene rings is 1. The molecule has 132 valence electrons. The maximum atomic E-state index is 12.5. The highest BCUT2D eigenvalue weighted by molar-refractivity contribution is 5.94. The normalized spacial score (nSPS) is 28.2. The Labute approximate surface area is 147 Å². The molecule has 0 N–H and O–H groups in total. The fraction of sp³-hybridized carbons (Fsp3) is 0.368. The van der Waals surface area contributed by atoms with Crippen molar-refractivity contribution in [3.05, 3.63) is 55.6 Å². The van der Waals surface area contributed by atoms with Crippen molar-refractivity contribution in [1.29, 1.82) is 0 Å². The fourth-order valence-electron chi connectivity index (χ4n) is 3.51. The Bertz CT molecular complexity index is 675. The molecule has 0 saturated carbocycles. The highest BCUT2D eigenvalue weighted by Gasteiger charge is 2.62. The maximum absolute atomic E-state index is 12.5. The molecule has 4 atom stereocenters. The van der Waals surface area contributed by atoms with Gasteiger partial charge >= 0.3 is 0 Å². The molecule has 0 aliphatic carbocycles. The maximum Gasteiger partial charge on any atom is 0.266 e. The van der Waals surface area contributed by atoms with Crippen LogP contribution in [0.5, 0.6) is 5.75 Å². The summed E-state index contributed by atoms with van der Waals surface area (Å²) in [6, 6.07) is 8.65. The van der Waals surface area contributed by atoms with Gasteiger partial charge in [0.25, 0.3) is 11.8 Å². The number of rotatable bonds is 8. The lowest BCUT2D eigenvalue weighted by Gasteiger charge is -2.57. The summed E-state index contributed by atoms with van der Waals surface area (Å²) in [4.78, 5) is 28.1. The van der Waals surface area contributed by atoms with Gasteiger partial charge in [-0.2, -0.15) is 0 Å². The van der Waals surface area contributed by atoms with Crippen molar-refractivity contribution < 1.29 is 19.1 Å². The Morgan fingerprint density at radius 1 is 0.960 bits per heavy atom. The topological polar surface area (TPSA) is 59.1 Å². The summed E-state index contributed by atoms with van der Waals surface area (Å²) < 4.78 is 11.3. The van der Waals surface area contributed by atoms with Crippen LogP contribution in [0.25, 0.3) is 0 Å². The zero-order chi connectivity index (χ0) is 18.0. The van der Waals surface area contributed by atoms with Crippen molar-refractivity contribution >= 4 is 11.8 Å². The number of carbonyl (C=O) groups is 2. The van der Waals surface area contributed by atoms with Gasteiger partial charge in [-0.3, -0.25) is 9.59 Å². The van der Waals surface area contributed by atoms with Crippen LogP contribution in [0.1, 0.15) is 0 Å². The Morgan fingerprint density at radius 2 is 1.48 bits per heavy atom. The first-order valence-electron chi connectivity index (χ1n) is 8.21. The number of hydrogen-bond acceptors (Lipinski definition) is 4. The van der Waals surface area contributed by atoms with Gasteiger partial charge in [-0.1, -0.05) is 30.4 Å². The van der Waals surface area contributed by atoms with Crippen molar-refractivity contribution in [1.82, 2.24) is 9.80 Å². The van der Waals surface area contributed by atoms with E-state index in [9.17, 15) is 9.59 Å². The lowest BCUT2D eigenvalue weighted by molar-refractivity contribution is -0.196. The zero-order valence-corrected chi connectivity index (χ0v) is 14.2. The number of hydrogen-bond donors (Lipinski definition) is 0. The van der Waals surface area contributed by atoms with Crippen LogP contribution in [0.3, 0.4) is 0 Å². The molecule has 1 aromatic rings. The number of ether oxygens (including phenoxy) is 2. The predicted molar refractivity (Wildman–Crippen MR) is 93.1 cm³/mol. The third kappa shape index (κ3) is 2.82. The van der Waals surface area contributed by atoms with Gasteiger partial charge in [-0.25, -0.2) is 0 Å². The molecule has 0 bridgehead atoms. The molecular weight excluding hydrogens is 320 g/mol. The zero-order valence-electron chi connectivity index (χ0n) is 14.2. The highest BCUT2D eigenvalue weighted by Crippen LogP contribution is 2.36. The molecule has 2 aliphatic heterocycles. The van der Waals surface area contributed by atoms with Gasteiger partial charge in [0.1, 0.15) is 11.8 Å². The summed E-state index contributed by atoms with van der Waals surface area (Å²) in [6.45, 7) is 8.22. The van der Waals surface area contributed by atoms with E-state index in [0.29, 0.717) is 18.8 Å². The summed E-state index contributed by atoms with van der Waals surface area (Å²) in [5.74, 6) is 0.421. The summed E-state index contributed by atoms with van der Waals surface area (Å²) in [5.41, 5.74) is 0. The van der Waals surface area contributed by atoms with Crippen LogP contribution in [0.15, 0.2) is 55.6 Å². The fourth-order valence-corrected chi connectivity index (χ4v) is 3.51. The molecule has 2 fully saturated rings. The van der Waals surface area contributed by atoms with Crippen LogP contribution in [-0.2, 0) is 14.3 Å². The Kier molecular flexibility index (Phi) is 4.90. The van der Waals surface area contributed by atoms with E-state index in [-0.39, 0.29) is 23.9 Å². The second-order valence-corrected chi connectivity index (χ2v) is 6.05. The summed E-state index contributed by atoms with van der Waals surface area (Å²) >= 11 is 0. The lowest BCUT2D eigenvalue weighted by Crippen LogP contribution is -2.81. The van der Waals surface area contributed by atoms with Crippen LogP contribution >= 0.6 is 0 Å². The molecule has 2 heterocycles. The van der Waals surface area contributed by atoms with Crippen LogP contribution in [0.4, 0.5) is 0 Å². The van der Waals surface area contributed by atoms with E-state index in [1.165, 1.54) is 7.11 Å². The average Bonchev–Trinajstić information content (AvgIpc) is 2.64. The minimum Gasteiger partial charge on any atom is -0.478 e. The molecular formula is C19H22N2O4. The molecule has 1 aromatic carbocycles. The number of likely N-dealkylation sites (tertiary alicyclic amines) is 2. The van der Waals surface area contributed by atoms with Gasteiger partial charge < -0.3 is 19.3 Å². The number of carbonyl (C=O) groups excluding carboxylic acids is 2. The number of β-lactam (4-membered cyclic amide) rings is 2. The van der Waals surface area contributed by atoms with Gasteiger partial charge in [0, 0.05) is 20.2 Å². The number of nitrogens with zero attached hydrogens (tertiary/aromatic N) is 2. The summed E-state index contributed by atoms with van der Waals surface area (Å²) in [5, 5.41) is 0. The number of para-hydroxylation sites is 1. The van der Waals surface area contributed by atoms with Crippen molar-refractivity contribution in [2.45, 2.75) is 24.3 Å². The van der Waals surface area contributed by atoms with Crippen LogP contribution in [0, 0.1) is 0 Å². The minimum absolute atomic E-state index is 0.0937. The standard InChI is InChI=1S/C19H22N2O4/c1-4-11-20-14(16(24-3)18(20)22)15-17(19(23)21(15)12-5-2)25-13-9-7-6-8-10-13/h4-10,14-17H,1-2,11-12H2,3H3/t14-,15-,16+,17+/m0/s1. The highest BCUT2D eigenvalue weighted by atomic mass is 16.5. The molecule has 0 unspecified atom stereocenters. The van der Waals surface area contributed by atoms with Crippen LogP contribution in [-0.4, -0.2) is 66.1 Å². The SMILES string of the molecule is C=CCN1C(=O)[C@H](OC)[C@@H]1[C@H]1[C@@H](Oc2ccccc2)C(=O)N1CC=C. The number of methoxy groups -OCH3 is 1. The van der Waals surface area contributed by atoms with Crippen LogP contribution in [0.2, 0.25) is 0 Å². The van der Waals surface area contributed by atoms with Crippen molar-refractivity contribution in [2.75, 3.05) is 20.2 Å². The van der Waals surface area contributed by atoms with Gasteiger partial charge in [0.2, 0.25) is 0 Å². The third-order valence-corrected chi connectivity index (χ3v) is 4.65. The van der Waals surface area contributed by atoms with Gasteiger partial charge in [0.15, 0.2) is 12.2 Å². The van der Waals surface area contributed by atoms with Gasteiger partial charge in [-0.15, -0.1) is 13.2 Å².